The molecule has 2 heterocycles. The predicted molar refractivity (Wildman–Crippen MR) is 102 cm³/mol. The molecular formula is C19H25N3O5S. The van der Waals surface area contributed by atoms with E-state index in [2.05, 4.69) is 5.32 Å². The number of nitrogens with one attached hydrogen (secondary N) is 1. The third kappa shape index (κ3) is 4.04. The van der Waals surface area contributed by atoms with Crippen LogP contribution in [0.1, 0.15) is 37.5 Å². The highest BCUT2D eigenvalue weighted by atomic mass is 32.1. The molecule has 2 fully saturated rings. The summed E-state index contributed by atoms with van der Waals surface area (Å²) in [5.74, 6) is -1.48. The van der Waals surface area contributed by atoms with Crippen molar-refractivity contribution in [3.63, 3.8) is 0 Å². The topological polar surface area (TPSA) is 96.0 Å². The van der Waals surface area contributed by atoms with Crippen LogP contribution < -0.4 is 5.32 Å². The van der Waals surface area contributed by atoms with Crippen LogP contribution in [0, 0.1) is 5.92 Å². The van der Waals surface area contributed by atoms with Gasteiger partial charge in [0, 0.05) is 11.9 Å². The molecule has 2 aliphatic rings. The van der Waals surface area contributed by atoms with Gasteiger partial charge in [-0.25, -0.2) is 4.79 Å². The van der Waals surface area contributed by atoms with Crippen LogP contribution in [0.5, 0.6) is 0 Å². The molecule has 0 radical (unpaired) electrons. The quantitative estimate of drug-likeness (QED) is 0.573. The summed E-state index contributed by atoms with van der Waals surface area (Å²) < 4.78 is 5.00. The van der Waals surface area contributed by atoms with Gasteiger partial charge < -0.3 is 15.0 Å². The van der Waals surface area contributed by atoms with Crippen molar-refractivity contribution in [3.8, 4) is 0 Å². The second-order valence-electron chi connectivity index (χ2n) is 7.43. The second-order valence-corrected chi connectivity index (χ2v) is 8.46. The van der Waals surface area contributed by atoms with Gasteiger partial charge in [0.2, 0.25) is 0 Å². The summed E-state index contributed by atoms with van der Waals surface area (Å²) in [6.45, 7) is 1.47. The van der Waals surface area contributed by atoms with Crippen LogP contribution in [0.15, 0.2) is 17.5 Å². The number of hydrogen-bond donors (Lipinski definition) is 1. The molecule has 8 nitrogen and oxygen atoms in total. The van der Waals surface area contributed by atoms with Crippen molar-refractivity contribution in [2.24, 2.45) is 5.92 Å². The van der Waals surface area contributed by atoms with E-state index in [1.807, 2.05) is 24.4 Å². The summed E-state index contributed by atoms with van der Waals surface area (Å²) >= 11 is 1.54. The molecule has 28 heavy (non-hydrogen) atoms. The molecule has 0 unspecified atom stereocenters. The molecule has 1 aromatic rings. The molecule has 1 saturated heterocycles. The summed E-state index contributed by atoms with van der Waals surface area (Å²) in [6.07, 6.45) is 3.32. The van der Waals surface area contributed by atoms with E-state index >= 15 is 0 Å². The van der Waals surface area contributed by atoms with E-state index in [-0.39, 0.29) is 17.7 Å². The van der Waals surface area contributed by atoms with Crippen LogP contribution in [0.3, 0.4) is 0 Å². The molecule has 0 aromatic carbocycles. The monoisotopic (exact) mass is 407 g/mol. The maximum absolute atomic E-state index is 12.8. The number of urea groups is 1. The average Bonchev–Trinajstić information content (AvgIpc) is 3.25. The highest BCUT2D eigenvalue weighted by molar-refractivity contribution is 7.09. The first-order valence-corrected chi connectivity index (χ1v) is 10.3. The first kappa shape index (κ1) is 20.3. The van der Waals surface area contributed by atoms with E-state index in [9.17, 15) is 19.2 Å². The van der Waals surface area contributed by atoms with E-state index in [4.69, 9.17) is 4.74 Å². The number of rotatable bonds is 6. The molecule has 152 valence electrons. The van der Waals surface area contributed by atoms with Crippen LogP contribution in [0.25, 0.3) is 0 Å². The summed E-state index contributed by atoms with van der Waals surface area (Å²) in [6, 6.07) is 3.24. The van der Waals surface area contributed by atoms with Crippen molar-refractivity contribution in [1.82, 2.24) is 15.1 Å². The molecule has 1 aliphatic carbocycles. The van der Waals surface area contributed by atoms with Crippen LogP contribution in [0.4, 0.5) is 4.79 Å². The Hall–Kier alpha value is -2.42. The third-order valence-electron chi connectivity index (χ3n) is 5.54. The molecule has 2 atom stereocenters. The van der Waals surface area contributed by atoms with Gasteiger partial charge in [0.1, 0.15) is 12.1 Å². The molecule has 1 spiro atoms. The number of likely N-dealkylation sites (N-methyl/N-ethyl adjacent to an activating group) is 1. The highest BCUT2D eigenvalue weighted by Gasteiger charge is 2.55. The number of nitrogens with zero attached hydrogens (tertiary/aromatic N) is 2. The van der Waals surface area contributed by atoms with Gasteiger partial charge in [0.15, 0.2) is 6.61 Å². The van der Waals surface area contributed by atoms with Crippen LogP contribution in [-0.2, 0) is 25.7 Å². The van der Waals surface area contributed by atoms with Gasteiger partial charge in [-0.05, 0) is 30.2 Å². The number of esters is 1. The maximum Gasteiger partial charge on any atom is 0.326 e. The van der Waals surface area contributed by atoms with Crippen molar-refractivity contribution in [2.45, 2.75) is 44.7 Å². The van der Waals surface area contributed by atoms with Gasteiger partial charge in [0.25, 0.3) is 11.8 Å². The minimum absolute atomic E-state index is 0.0196. The Morgan fingerprint density at radius 3 is 2.86 bits per heavy atom. The van der Waals surface area contributed by atoms with Crippen LogP contribution in [-0.4, -0.2) is 59.4 Å². The third-order valence-corrected chi connectivity index (χ3v) is 6.41. The first-order valence-electron chi connectivity index (χ1n) is 9.39. The number of carbonyl (C=O) groups is 4. The van der Waals surface area contributed by atoms with Crippen molar-refractivity contribution in [1.29, 1.82) is 0 Å². The number of carbonyl (C=O) groups excluding carboxylic acids is 4. The highest BCUT2D eigenvalue weighted by Crippen LogP contribution is 2.38. The number of hydrogen-bond acceptors (Lipinski definition) is 6. The maximum atomic E-state index is 12.8. The second kappa shape index (κ2) is 8.30. The number of amides is 4. The van der Waals surface area contributed by atoms with Gasteiger partial charge in [-0.15, -0.1) is 11.3 Å². The lowest BCUT2D eigenvalue weighted by molar-refractivity contribution is -0.153. The lowest BCUT2D eigenvalue weighted by Crippen LogP contribution is -2.54. The van der Waals surface area contributed by atoms with Crippen LogP contribution in [0.2, 0.25) is 0 Å². The molecule has 3 rings (SSSR count). The summed E-state index contributed by atoms with van der Waals surface area (Å²) in [5.41, 5.74) is -0.910. The van der Waals surface area contributed by atoms with Crippen molar-refractivity contribution in [3.05, 3.63) is 22.4 Å². The Morgan fingerprint density at radius 1 is 1.39 bits per heavy atom. The Bertz CT molecular complexity index is 766. The van der Waals surface area contributed by atoms with E-state index in [0.717, 1.165) is 29.0 Å². The zero-order valence-electron chi connectivity index (χ0n) is 16.1. The minimum Gasteiger partial charge on any atom is -0.454 e. The van der Waals surface area contributed by atoms with Gasteiger partial charge in [0.05, 0.1) is 6.54 Å². The molecule has 1 aromatic heterocycles. The lowest BCUT2D eigenvalue weighted by atomic mass is 9.73. The Morgan fingerprint density at radius 2 is 2.18 bits per heavy atom. The van der Waals surface area contributed by atoms with Crippen molar-refractivity contribution in [2.75, 3.05) is 20.2 Å². The summed E-state index contributed by atoms with van der Waals surface area (Å²) in [7, 11) is 1.63. The number of ether oxygens (including phenoxy) is 1. The molecule has 9 heteroatoms. The van der Waals surface area contributed by atoms with Gasteiger partial charge in [-0.2, -0.15) is 0 Å². The zero-order chi connectivity index (χ0) is 20.3. The predicted octanol–water partition coefficient (Wildman–Crippen LogP) is 1.75. The van der Waals surface area contributed by atoms with Crippen LogP contribution >= 0.6 is 11.3 Å². The fourth-order valence-corrected chi connectivity index (χ4v) is 4.55. The normalized spacial score (nSPS) is 24.4. The van der Waals surface area contributed by atoms with Gasteiger partial charge in [-0.3, -0.25) is 19.3 Å². The fraction of sp³-hybridized carbons (Fsp3) is 0.579. The average molecular weight is 407 g/mol. The zero-order valence-corrected chi connectivity index (χ0v) is 16.9. The van der Waals surface area contributed by atoms with E-state index < -0.39 is 30.7 Å². The molecule has 0 bridgehead atoms. The standard InChI is InChI=1S/C19H25N3O5S/c1-13-6-3-4-8-19(13)17(25)22(18(26)20-19)11-16(24)27-12-15(23)21(2)10-14-7-5-9-28-14/h5,7,9,13H,3-4,6,8,10-12H2,1-2H3,(H,20,26)/t13-,19-/m0/s1. The smallest absolute Gasteiger partial charge is 0.326 e. The Kier molecular flexibility index (Phi) is 6.02. The molecule has 1 saturated carbocycles. The molecule has 4 amide bonds. The largest absolute Gasteiger partial charge is 0.454 e. The molecule has 1 aliphatic heterocycles. The number of thiophene rings is 1. The van der Waals surface area contributed by atoms with E-state index in [1.54, 1.807) is 7.05 Å². The van der Waals surface area contributed by atoms with Gasteiger partial charge >= 0.3 is 12.0 Å². The Labute approximate surface area is 167 Å². The fourth-order valence-electron chi connectivity index (χ4n) is 3.79. The van der Waals surface area contributed by atoms with E-state index in [0.29, 0.717) is 13.0 Å². The molecule has 1 N–H and O–H groups in total. The minimum atomic E-state index is -0.910. The van der Waals surface area contributed by atoms with E-state index in [1.165, 1.54) is 16.2 Å². The summed E-state index contributed by atoms with van der Waals surface area (Å²) in [5, 5.41) is 4.71. The lowest BCUT2D eigenvalue weighted by Gasteiger charge is -2.36. The number of imide groups is 1. The molecular weight excluding hydrogens is 382 g/mol. The van der Waals surface area contributed by atoms with Crippen molar-refractivity contribution >= 4 is 35.2 Å². The first-order chi connectivity index (χ1) is 13.3. The summed E-state index contributed by atoms with van der Waals surface area (Å²) in [4.78, 5) is 52.7. The SMILES string of the molecule is C[C@H]1CCCC[C@]12NC(=O)N(CC(=O)OCC(=O)N(C)Cc1cccs1)C2=O. The van der Waals surface area contributed by atoms with Gasteiger partial charge in [-0.1, -0.05) is 25.8 Å². The van der Waals surface area contributed by atoms with Crippen molar-refractivity contribution < 1.29 is 23.9 Å². The Balaban J connectivity index is 1.51.